The van der Waals surface area contributed by atoms with Gasteiger partial charge in [0.1, 0.15) is 6.33 Å². The van der Waals surface area contributed by atoms with Crippen LogP contribution >= 0.6 is 0 Å². The van der Waals surface area contributed by atoms with Crippen molar-refractivity contribution in [1.29, 1.82) is 0 Å². The maximum Gasteiger partial charge on any atom is 0.418 e. The zero-order valence-corrected chi connectivity index (χ0v) is 21.4. The number of anilines is 1. The number of aryl methyl sites for hydroxylation is 1. The van der Waals surface area contributed by atoms with E-state index in [4.69, 9.17) is 0 Å². The fraction of sp³-hybridized carbons (Fsp3) is 0.464. The Labute approximate surface area is 215 Å². The van der Waals surface area contributed by atoms with E-state index in [1.807, 2.05) is 35.9 Å². The van der Waals surface area contributed by atoms with Gasteiger partial charge in [-0.3, -0.25) is 9.88 Å². The minimum Gasteiger partial charge on any atom is -0.379 e. The van der Waals surface area contributed by atoms with Crippen LogP contribution in [0, 0.1) is 5.92 Å². The molecule has 6 nitrogen and oxygen atoms in total. The molecule has 3 aromatic rings. The van der Waals surface area contributed by atoms with Gasteiger partial charge in [0.15, 0.2) is 5.82 Å². The first-order valence-corrected chi connectivity index (χ1v) is 13.0. The van der Waals surface area contributed by atoms with Crippen LogP contribution in [0.3, 0.4) is 0 Å². The lowest BCUT2D eigenvalue weighted by Crippen LogP contribution is -2.33. The summed E-state index contributed by atoms with van der Waals surface area (Å²) in [5.41, 5.74) is 4.03. The molecule has 1 N–H and O–H groups in total. The van der Waals surface area contributed by atoms with Crippen molar-refractivity contribution in [2.45, 2.75) is 58.3 Å². The SMILES string of the molecule is C[C@H]1CCCN(Cc2cnc(CNc3cccc(C(=C4CCC4)c4nncn4C)c3)c(C(F)(F)F)c2)C1. The van der Waals surface area contributed by atoms with Crippen LogP contribution < -0.4 is 5.32 Å². The van der Waals surface area contributed by atoms with Crippen LogP contribution in [-0.2, 0) is 26.3 Å². The van der Waals surface area contributed by atoms with Crippen molar-refractivity contribution >= 4 is 11.3 Å². The van der Waals surface area contributed by atoms with Crippen molar-refractivity contribution in [3.63, 3.8) is 0 Å². The van der Waals surface area contributed by atoms with Gasteiger partial charge in [0.25, 0.3) is 0 Å². The molecule has 0 bridgehead atoms. The Kier molecular flexibility index (Phi) is 7.33. The van der Waals surface area contributed by atoms with Gasteiger partial charge >= 0.3 is 6.18 Å². The summed E-state index contributed by atoms with van der Waals surface area (Å²) in [5, 5.41) is 11.5. The fourth-order valence-electron chi connectivity index (χ4n) is 5.27. The summed E-state index contributed by atoms with van der Waals surface area (Å²) in [6.07, 6.45) is 4.23. The Balaban J connectivity index is 1.35. The highest BCUT2D eigenvalue weighted by atomic mass is 19.4. The number of nitrogens with zero attached hydrogens (tertiary/aromatic N) is 5. The standard InChI is InChI=1S/C28H33F3N6/c1-19-6-5-11-37(16-19)17-20-12-24(28(29,30)31)25(33-14-20)15-32-23-10-4-9-22(13-23)26(21-7-3-8-21)27-35-34-18-36(27)2/h4,9-10,12-14,18-19,32H,3,5-8,11,15-17H2,1-2H3/t19-/m0/s1. The van der Waals surface area contributed by atoms with Gasteiger partial charge in [0.2, 0.25) is 0 Å². The number of allylic oxidation sites excluding steroid dienone is 1. The highest BCUT2D eigenvalue weighted by Gasteiger charge is 2.34. The number of hydrogen-bond acceptors (Lipinski definition) is 5. The van der Waals surface area contributed by atoms with Gasteiger partial charge in [-0.15, -0.1) is 10.2 Å². The summed E-state index contributed by atoms with van der Waals surface area (Å²) in [4.78, 5) is 6.49. The number of rotatable bonds is 7. The predicted molar refractivity (Wildman–Crippen MR) is 138 cm³/mol. The van der Waals surface area contributed by atoms with Gasteiger partial charge in [-0.1, -0.05) is 24.6 Å². The van der Waals surface area contributed by atoms with Gasteiger partial charge < -0.3 is 9.88 Å². The molecule has 1 aliphatic carbocycles. The van der Waals surface area contributed by atoms with E-state index in [-0.39, 0.29) is 12.2 Å². The number of alkyl halides is 3. The second-order valence-electron chi connectivity index (χ2n) is 10.4. The van der Waals surface area contributed by atoms with Crippen molar-refractivity contribution in [2.24, 2.45) is 13.0 Å². The number of benzene rings is 1. The summed E-state index contributed by atoms with van der Waals surface area (Å²) >= 11 is 0. The van der Waals surface area contributed by atoms with E-state index < -0.39 is 11.7 Å². The molecule has 0 radical (unpaired) electrons. The molecule has 1 saturated heterocycles. The van der Waals surface area contributed by atoms with Crippen LogP contribution in [0.1, 0.15) is 67.2 Å². The molecule has 2 aliphatic rings. The van der Waals surface area contributed by atoms with Crippen LogP contribution in [0.2, 0.25) is 0 Å². The average molecular weight is 511 g/mol. The molecule has 9 heteroatoms. The van der Waals surface area contributed by atoms with Gasteiger partial charge in [-0.05, 0) is 73.9 Å². The molecule has 1 saturated carbocycles. The highest BCUT2D eigenvalue weighted by Crippen LogP contribution is 2.37. The average Bonchev–Trinajstić information content (AvgIpc) is 3.25. The molecule has 0 unspecified atom stereocenters. The van der Waals surface area contributed by atoms with Crippen LogP contribution in [0.4, 0.5) is 18.9 Å². The van der Waals surface area contributed by atoms with Crippen LogP contribution in [0.5, 0.6) is 0 Å². The normalized spacial score (nSPS) is 18.5. The van der Waals surface area contributed by atoms with Crippen molar-refractivity contribution in [3.8, 4) is 0 Å². The third kappa shape index (κ3) is 5.87. The van der Waals surface area contributed by atoms with E-state index in [1.165, 1.54) is 18.1 Å². The molecule has 0 amide bonds. The number of hydrogen-bond donors (Lipinski definition) is 1. The van der Waals surface area contributed by atoms with Gasteiger partial charge in [0.05, 0.1) is 17.8 Å². The first-order valence-electron chi connectivity index (χ1n) is 13.0. The minimum absolute atomic E-state index is 0.000428. The minimum atomic E-state index is -4.47. The van der Waals surface area contributed by atoms with Gasteiger partial charge in [-0.25, -0.2) is 0 Å². The Morgan fingerprint density at radius 3 is 2.68 bits per heavy atom. The van der Waals surface area contributed by atoms with Gasteiger partial charge in [-0.2, -0.15) is 13.2 Å². The summed E-state index contributed by atoms with van der Waals surface area (Å²) in [5.74, 6) is 1.36. The largest absolute Gasteiger partial charge is 0.418 e. The molecule has 1 aromatic carbocycles. The van der Waals surface area contributed by atoms with E-state index >= 15 is 0 Å². The summed E-state index contributed by atoms with van der Waals surface area (Å²) in [6, 6.07) is 9.02. The molecule has 2 fully saturated rings. The molecule has 1 atom stereocenters. The maximum absolute atomic E-state index is 14.0. The summed E-state index contributed by atoms with van der Waals surface area (Å²) < 4.78 is 43.9. The van der Waals surface area contributed by atoms with Crippen molar-refractivity contribution in [2.75, 3.05) is 18.4 Å². The Morgan fingerprint density at radius 1 is 1.16 bits per heavy atom. The number of piperidine rings is 1. The zero-order chi connectivity index (χ0) is 26.0. The van der Waals surface area contributed by atoms with E-state index in [1.54, 1.807) is 12.5 Å². The second-order valence-corrected chi connectivity index (χ2v) is 10.4. The van der Waals surface area contributed by atoms with Crippen molar-refractivity contribution in [1.82, 2.24) is 24.6 Å². The lowest BCUT2D eigenvalue weighted by atomic mass is 9.84. The molecule has 3 heterocycles. The number of nitrogens with one attached hydrogen (secondary N) is 1. The first kappa shape index (κ1) is 25.4. The second kappa shape index (κ2) is 10.7. The Morgan fingerprint density at radius 2 is 2.00 bits per heavy atom. The maximum atomic E-state index is 14.0. The summed E-state index contributed by atoms with van der Waals surface area (Å²) in [6.45, 7) is 4.49. The zero-order valence-electron chi connectivity index (χ0n) is 21.4. The van der Waals surface area contributed by atoms with Crippen molar-refractivity contribution in [3.05, 3.63) is 76.6 Å². The lowest BCUT2D eigenvalue weighted by molar-refractivity contribution is -0.138. The highest BCUT2D eigenvalue weighted by molar-refractivity contribution is 5.81. The van der Waals surface area contributed by atoms with Crippen LogP contribution in [0.25, 0.3) is 5.57 Å². The molecule has 196 valence electrons. The molecule has 5 rings (SSSR count). The number of aromatic nitrogens is 4. The molecule has 37 heavy (non-hydrogen) atoms. The quantitative estimate of drug-likeness (QED) is 0.419. The Bertz CT molecular complexity index is 1270. The topological polar surface area (TPSA) is 58.9 Å². The van der Waals surface area contributed by atoms with Gasteiger partial charge in [0, 0.05) is 37.6 Å². The number of pyridine rings is 1. The number of halogens is 3. The van der Waals surface area contributed by atoms with E-state index in [0.29, 0.717) is 18.0 Å². The first-order chi connectivity index (χ1) is 17.8. The molecular formula is C28H33F3N6. The van der Waals surface area contributed by atoms with Crippen LogP contribution in [0.15, 0.2) is 48.4 Å². The summed E-state index contributed by atoms with van der Waals surface area (Å²) in [7, 11) is 1.91. The smallest absolute Gasteiger partial charge is 0.379 e. The van der Waals surface area contributed by atoms with E-state index in [2.05, 4.69) is 32.3 Å². The third-order valence-corrected chi connectivity index (χ3v) is 7.34. The predicted octanol–water partition coefficient (Wildman–Crippen LogP) is 6.06. The monoisotopic (exact) mass is 510 g/mol. The Hall–Kier alpha value is -3.20. The van der Waals surface area contributed by atoms with Crippen molar-refractivity contribution < 1.29 is 13.2 Å². The molecule has 1 aliphatic heterocycles. The molecular weight excluding hydrogens is 477 g/mol. The van der Waals surface area contributed by atoms with E-state index in [9.17, 15) is 13.2 Å². The number of likely N-dealkylation sites (tertiary alicyclic amines) is 1. The van der Waals surface area contributed by atoms with E-state index in [0.717, 1.165) is 61.4 Å². The fourth-order valence-corrected chi connectivity index (χ4v) is 5.27. The third-order valence-electron chi connectivity index (χ3n) is 7.34. The lowest BCUT2D eigenvalue weighted by Gasteiger charge is -2.31. The molecule has 2 aromatic heterocycles. The van der Waals surface area contributed by atoms with Crippen LogP contribution in [-0.4, -0.2) is 37.7 Å². The molecule has 0 spiro atoms.